The lowest BCUT2D eigenvalue weighted by atomic mass is 10.0. The van der Waals surface area contributed by atoms with E-state index < -0.39 is 0 Å². The first-order valence-electron chi connectivity index (χ1n) is 8.98. The van der Waals surface area contributed by atoms with Crippen molar-refractivity contribution in [3.05, 3.63) is 35.4 Å². The van der Waals surface area contributed by atoms with Crippen LogP contribution in [0.3, 0.4) is 0 Å². The third-order valence-electron chi connectivity index (χ3n) is 4.75. The van der Waals surface area contributed by atoms with Crippen molar-refractivity contribution in [1.29, 1.82) is 0 Å². The molecule has 0 aromatic heterocycles. The Morgan fingerprint density at radius 1 is 1.14 bits per heavy atom. The van der Waals surface area contributed by atoms with Gasteiger partial charge in [0.05, 0.1) is 0 Å². The highest BCUT2D eigenvalue weighted by Gasteiger charge is 2.22. The smallest absolute Gasteiger partial charge is 0.0475 e. The lowest BCUT2D eigenvalue weighted by molar-refractivity contribution is 0.132. The van der Waals surface area contributed by atoms with E-state index in [0.29, 0.717) is 6.04 Å². The molecule has 1 atom stereocenters. The third kappa shape index (κ3) is 5.08. The van der Waals surface area contributed by atoms with Crippen molar-refractivity contribution in [2.75, 3.05) is 45.8 Å². The molecule has 1 aliphatic rings. The first-order valence-corrected chi connectivity index (χ1v) is 8.98. The van der Waals surface area contributed by atoms with Gasteiger partial charge in [0.25, 0.3) is 0 Å². The van der Waals surface area contributed by atoms with Crippen LogP contribution in [0.1, 0.15) is 43.9 Å². The number of hydrogen-bond acceptors (Lipinski definition) is 3. The summed E-state index contributed by atoms with van der Waals surface area (Å²) in [5.74, 6) is 0. The minimum Gasteiger partial charge on any atom is -0.314 e. The number of rotatable bonds is 8. The van der Waals surface area contributed by atoms with Crippen molar-refractivity contribution >= 4 is 0 Å². The summed E-state index contributed by atoms with van der Waals surface area (Å²) in [4.78, 5) is 5.28. The van der Waals surface area contributed by atoms with Gasteiger partial charge in [-0.05, 0) is 32.0 Å². The standard InChI is InChI=1S/C19H33N3/c1-4-6-13-22(5-2)19(16-21-14-11-20-12-15-21)18-9-7-17(3)8-10-18/h7-10,19-20H,4-6,11-16H2,1-3H3. The van der Waals surface area contributed by atoms with E-state index in [0.717, 1.165) is 26.2 Å². The Balaban J connectivity index is 2.12. The van der Waals surface area contributed by atoms with E-state index in [2.05, 4.69) is 60.2 Å². The second-order valence-electron chi connectivity index (χ2n) is 6.46. The Morgan fingerprint density at radius 3 is 2.41 bits per heavy atom. The molecule has 1 saturated heterocycles. The Bertz CT molecular complexity index is 409. The zero-order valence-corrected chi connectivity index (χ0v) is 14.6. The molecule has 0 spiro atoms. The summed E-state index contributed by atoms with van der Waals surface area (Å²) in [6, 6.07) is 9.70. The van der Waals surface area contributed by atoms with Crippen LogP contribution in [0.25, 0.3) is 0 Å². The average molecular weight is 303 g/mol. The van der Waals surface area contributed by atoms with Gasteiger partial charge in [0.1, 0.15) is 0 Å². The Labute approximate surface area is 136 Å². The largest absolute Gasteiger partial charge is 0.314 e. The molecular formula is C19H33N3. The SMILES string of the molecule is CCCCN(CC)C(CN1CCNCC1)c1ccc(C)cc1. The maximum atomic E-state index is 3.46. The number of nitrogens with one attached hydrogen (secondary N) is 1. The normalized spacial score (nSPS) is 17.8. The van der Waals surface area contributed by atoms with Gasteiger partial charge >= 0.3 is 0 Å². The maximum Gasteiger partial charge on any atom is 0.0475 e. The molecule has 22 heavy (non-hydrogen) atoms. The van der Waals surface area contributed by atoms with Crippen LogP contribution >= 0.6 is 0 Å². The summed E-state index contributed by atoms with van der Waals surface area (Å²) < 4.78 is 0. The van der Waals surface area contributed by atoms with Crippen molar-refractivity contribution in [1.82, 2.24) is 15.1 Å². The fourth-order valence-corrected chi connectivity index (χ4v) is 3.25. The predicted molar refractivity (Wildman–Crippen MR) is 95.4 cm³/mol. The molecule has 2 rings (SSSR count). The molecule has 124 valence electrons. The predicted octanol–water partition coefficient (Wildman–Crippen LogP) is 3.06. The summed E-state index contributed by atoms with van der Waals surface area (Å²) >= 11 is 0. The molecule has 0 aliphatic carbocycles. The van der Waals surface area contributed by atoms with Gasteiger partial charge < -0.3 is 5.32 Å². The lowest BCUT2D eigenvalue weighted by Crippen LogP contribution is -2.47. The van der Waals surface area contributed by atoms with Gasteiger partial charge in [-0.3, -0.25) is 9.80 Å². The zero-order chi connectivity index (χ0) is 15.8. The molecule has 3 nitrogen and oxygen atoms in total. The van der Waals surface area contributed by atoms with Crippen molar-refractivity contribution in [3.8, 4) is 0 Å². The van der Waals surface area contributed by atoms with Crippen molar-refractivity contribution in [2.24, 2.45) is 0 Å². The fourth-order valence-electron chi connectivity index (χ4n) is 3.25. The van der Waals surface area contributed by atoms with Gasteiger partial charge in [0.2, 0.25) is 0 Å². The molecular weight excluding hydrogens is 270 g/mol. The van der Waals surface area contributed by atoms with Crippen LogP contribution in [-0.2, 0) is 0 Å². The first kappa shape index (κ1) is 17.5. The number of nitrogens with zero attached hydrogens (tertiary/aromatic N) is 2. The van der Waals surface area contributed by atoms with Gasteiger partial charge in [0, 0.05) is 38.8 Å². The third-order valence-corrected chi connectivity index (χ3v) is 4.75. The fraction of sp³-hybridized carbons (Fsp3) is 0.684. The molecule has 3 heteroatoms. The summed E-state index contributed by atoms with van der Waals surface area (Å²) in [6.45, 7) is 14.8. The van der Waals surface area contributed by atoms with Gasteiger partial charge in [-0.1, -0.05) is 50.1 Å². The number of piperazine rings is 1. The second kappa shape index (κ2) is 9.29. The number of unbranched alkanes of at least 4 members (excludes halogenated alkanes) is 1. The second-order valence-corrected chi connectivity index (χ2v) is 6.46. The number of aryl methyl sites for hydroxylation is 1. The molecule has 0 radical (unpaired) electrons. The van der Waals surface area contributed by atoms with E-state index in [1.807, 2.05) is 0 Å². The number of hydrogen-bond donors (Lipinski definition) is 1. The molecule has 1 aliphatic heterocycles. The van der Waals surface area contributed by atoms with E-state index in [1.165, 1.54) is 43.6 Å². The van der Waals surface area contributed by atoms with Crippen LogP contribution in [0.15, 0.2) is 24.3 Å². The van der Waals surface area contributed by atoms with E-state index in [9.17, 15) is 0 Å². The molecule has 0 amide bonds. The lowest BCUT2D eigenvalue weighted by Gasteiger charge is -2.37. The molecule has 1 heterocycles. The molecule has 1 fully saturated rings. The van der Waals surface area contributed by atoms with Crippen LogP contribution < -0.4 is 5.32 Å². The highest BCUT2D eigenvalue weighted by atomic mass is 15.2. The van der Waals surface area contributed by atoms with Crippen molar-refractivity contribution < 1.29 is 0 Å². The highest BCUT2D eigenvalue weighted by molar-refractivity contribution is 5.24. The summed E-state index contributed by atoms with van der Waals surface area (Å²) in [7, 11) is 0. The Kier molecular flexibility index (Phi) is 7.37. The average Bonchev–Trinajstić information content (AvgIpc) is 2.56. The monoisotopic (exact) mass is 303 g/mol. The molecule has 1 aromatic carbocycles. The van der Waals surface area contributed by atoms with Crippen LogP contribution in [0.4, 0.5) is 0 Å². The van der Waals surface area contributed by atoms with Crippen molar-refractivity contribution in [3.63, 3.8) is 0 Å². The molecule has 0 saturated carbocycles. The molecule has 0 bridgehead atoms. The Hall–Kier alpha value is -0.900. The molecule has 1 unspecified atom stereocenters. The number of likely N-dealkylation sites (N-methyl/N-ethyl adjacent to an activating group) is 1. The Morgan fingerprint density at radius 2 is 1.82 bits per heavy atom. The topological polar surface area (TPSA) is 18.5 Å². The quantitative estimate of drug-likeness (QED) is 0.796. The highest BCUT2D eigenvalue weighted by Crippen LogP contribution is 2.23. The summed E-state index contributed by atoms with van der Waals surface area (Å²) in [5, 5.41) is 3.46. The van der Waals surface area contributed by atoms with Gasteiger partial charge in [0.15, 0.2) is 0 Å². The maximum absolute atomic E-state index is 3.46. The van der Waals surface area contributed by atoms with Gasteiger partial charge in [-0.2, -0.15) is 0 Å². The van der Waals surface area contributed by atoms with E-state index in [-0.39, 0.29) is 0 Å². The van der Waals surface area contributed by atoms with Crippen LogP contribution in [0, 0.1) is 6.92 Å². The number of benzene rings is 1. The van der Waals surface area contributed by atoms with Crippen molar-refractivity contribution in [2.45, 2.75) is 39.7 Å². The summed E-state index contributed by atoms with van der Waals surface area (Å²) in [5.41, 5.74) is 2.82. The minimum atomic E-state index is 0.523. The van der Waals surface area contributed by atoms with Crippen LogP contribution in [0.2, 0.25) is 0 Å². The minimum absolute atomic E-state index is 0.523. The van der Waals surface area contributed by atoms with E-state index >= 15 is 0 Å². The van der Waals surface area contributed by atoms with E-state index in [1.54, 1.807) is 0 Å². The first-order chi connectivity index (χ1) is 10.7. The van der Waals surface area contributed by atoms with Crippen LogP contribution in [0.5, 0.6) is 0 Å². The van der Waals surface area contributed by atoms with Crippen LogP contribution in [-0.4, -0.2) is 55.6 Å². The summed E-state index contributed by atoms with van der Waals surface area (Å²) in [6.07, 6.45) is 2.56. The molecule has 1 aromatic rings. The zero-order valence-electron chi connectivity index (χ0n) is 14.6. The molecule has 1 N–H and O–H groups in total. The van der Waals surface area contributed by atoms with Gasteiger partial charge in [-0.15, -0.1) is 0 Å². The van der Waals surface area contributed by atoms with E-state index in [4.69, 9.17) is 0 Å². The van der Waals surface area contributed by atoms with Gasteiger partial charge in [-0.25, -0.2) is 0 Å².